The molecule has 0 aliphatic rings. The molecule has 0 aromatic heterocycles. The van der Waals surface area contributed by atoms with E-state index in [2.05, 4.69) is 5.32 Å². The second kappa shape index (κ2) is 6.39. The number of carbonyl (C=O) groups excluding carboxylic acids is 2. The van der Waals surface area contributed by atoms with Crippen molar-refractivity contribution < 1.29 is 22.7 Å². The van der Waals surface area contributed by atoms with Crippen LogP contribution in [0, 0.1) is 0 Å². The molecule has 0 aliphatic heterocycles. The molecule has 0 spiro atoms. The molecule has 7 nitrogen and oxygen atoms in total. The van der Waals surface area contributed by atoms with Crippen molar-refractivity contribution in [3.05, 3.63) is 24.3 Å². The van der Waals surface area contributed by atoms with Gasteiger partial charge in [-0.3, -0.25) is 9.59 Å². The van der Waals surface area contributed by atoms with Crippen LogP contribution in [0.4, 0.5) is 0 Å². The quantitative estimate of drug-likeness (QED) is 0.693. The predicted octanol–water partition coefficient (Wildman–Crippen LogP) is -0.406. The van der Waals surface area contributed by atoms with Crippen LogP contribution in [-0.4, -0.2) is 33.4 Å². The lowest BCUT2D eigenvalue weighted by Gasteiger charge is -2.06. The summed E-state index contributed by atoms with van der Waals surface area (Å²) in [6.45, 7) is -0.591. The topological polar surface area (TPSA) is 116 Å². The number of primary amides is 1. The Balaban J connectivity index is 2.51. The Morgan fingerprint density at radius 3 is 2.32 bits per heavy atom. The molecule has 1 rings (SSSR count). The molecule has 1 aromatic carbocycles. The van der Waals surface area contributed by atoms with Gasteiger partial charge in [-0.25, -0.2) is 8.42 Å². The molecular weight excluding hydrogens is 296 g/mol. The van der Waals surface area contributed by atoms with E-state index in [1.807, 2.05) is 0 Å². The minimum atomic E-state index is -3.78. The Morgan fingerprint density at radius 2 is 1.84 bits per heavy atom. The average Bonchev–Trinajstić information content (AvgIpc) is 2.33. The van der Waals surface area contributed by atoms with Crippen LogP contribution in [0.2, 0.25) is 0 Å². The molecule has 2 amide bonds. The molecule has 0 atom stereocenters. The molecule has 9 heteroatoms. The van der Waals surface area contributed by atoms with Crippen LogP contribution in [0.5, 0.6) is 5.75 Å². The third kappa shape index (κ3) is 5.58. The van der Waals surface area contributed by atoms with Crippen LogP contribution in [-0.2, 0) is 18.6 Å². The van der Waals surface area contributed by atoms with Crippen molar-refractivity contribution >= 4 is 31.5 Å². The van der Waals surface area contributed by atoms with Crippen LogP contribution in [0.25, 0.3) is 0 Å². The fourth-order valence-electron chi connectivity index (χ4n) is 1.08. The Hall–Kier alpha value is -1.80. The maximum atomic E-state index is 11.2. The molecule has 0 heterocycles. The van der Waals surface area contributed by atoms with Crippen molar-refractivity contribution in [3.63, 3.8) is 0 Å². The summed E-state index contributed by atoms with van der Waals surface area (Å²) in [6, 6.07) is 5.21. The summed E-state index contributed by atoms with van der Waals surface area (Å²) in [6.07, 6.45) is 0. The van der Waals surface area contributed by atoms with Gasteiger partial charge in [0.1, 0.15) is 5.75 Å². The van der Waals surface area contributed by atoms with Gasteiger partial charge < -0.3 is 15.8 Å². The number of nitrogens with two attached hydrogens (primary N) is 1. The molecule has 1 aromatic rings. The lowest BCUT2D eigenvalue weighted by atomic mass is 10.3. The molecule has 0 saturated heterocycles. The monoisotopic (exact) mass is 306 g/mol. The lowest BCUT2D eigenvalue weighted by Crippen LogP contribution is -2.36. The van der Waals surface area contributed by atoms with E-state index < -0.39 is 20.9 Å². The molecule has 3 N–H and O–H groups in total. The first-order valence-corrected chi connectivity index (χ1v) is 7.32. The normalized spacial score (nSPS) is 10.8. The largest absolute Gasteiger partial charge is 0.484 e. The Bertz CT molecular complexity index is 570. The molecule has 0 aliphatic carbocycles. The Labute approximate surface area is 114 Å². The number of benzene rings is 1. The number of halogens is 1. The zero-order valence-electron chi connectivity index (χ0n) is 9.63. The summed E-state index contributed by atoms with van der Waals surface area (Å²) < 4.78 is 27.0. The number of carbonyl (C=O) groups is 2. The number of ether oxygens (including phenoxy) is 1. The van der Waals surface area contributed by atoms with Crippen molar-refractivity contribution in [2.45, 2.75) is 4.90 Å². The van der Waals surface area contributed by atoms with Crippen molar-refractivity contribution in [3.8, 4) is 5.75 Å². The zero-order valence-corrected chi connectivity index (χ0v) is 11.2. The fourth-order valence-corrected chi connectivity index (χ4v) is 1.85. The van der Waals surface area contributed by atoms with Crippen LogP contribution in [0.3, 0.4) is 0 Å². The maximum Gasteiger partial charge on any atom is 0.261 e. The predicted molar refractivity (Wildman–Crippen MR) is 67.2 cm³/mol. The molecule has 0 fully saturated rings. The number of hydrogen-bond acceptors (Lipinski definition) is 5. The van der Waals surface area contributed by atoms with Gasteiger partial charge in [0, 0.05) is 10.7 Å². The molecule has 0 saturated carbocycles. The first-order valence-electron chi connectivity index (χ1n) is 5.01. The average molecular weight is 307 g/mol. The van der Waals surface area contributed by atoms with E-state index in [1.165, 1.54) is 24.3 Å². The van der Waals surface area contributed by atoms with Crippen LogP contribution in [0.1, 0.15) is 0 Å². The van der Waals surface area contributed by atoms with Gasteiger partial charge in [-0.2, -0.15) is 0 Å². The van der Waals surface area contributed by atoms with Gasteiger partial charge in [0.25, 0.3) is 15.0 Å². The fraction of sp³-hybridized carbons (Fsp3) is 0.200. The second-order valence-electron chi connectivity index (χ2n) is 3.44. The highest BCUT2D eigenvalue weighted by molar-refractivity contribution is 8.13. The minimum Gasteiger partial charge on any atom is -0.484 e. The van der Waals surface area contributed by atoms with Crippen LogP contribution < -0.4 is 15.8 Å². The summed E-state index contributed by atoms with van der Waals surface area (Å²) in [7, 11) is 1.35. The number of rotatable bonds is 6. The van der Waals surface area contributed by atoms with Gasteiger partial charge in [-0.05, 0) is 24.3 Å². The first-order chi connectivity index (χ1) is 8.79. The van der Waals surface area contributed by atoms with Crippen molar-refractivity contribution in [1.82, 2.24) is 5.32 Å². The van der Waals surface area contributed by atoms with E-state index in [4.69, 9.17) is 21.2 Å². The highest BCUT2D eigenvalue weighted by atomic mass is 35.7. The summed E-state index contributed by atoms with van der Waals surface area (Å²) in [4.78, 5) is 21.5. The molecular formula is C10H11ClN2O5S. The molecule has 19 heavy (non-hydrogen) atoms. The summed E-state index contributed by atoms with van der Waals surface area (Å²) >= 11 is 0. The number of amides is 2. The standard InChI is InChI=1S/C10H11ClN2O5S/c11-19(16,17)8-3-1-7(2-4-8)18-6-10(15)13-5-9(12)14/h1-4H,5-6H2,(H2,12,14)(H,13,15). The van der Waals surface area contributed by atoms with Gasteiger partial charge in [0.2, 0.25) is 5.91 Å². The van der Waals surface area contributed by atoms with E-state index in [9.17, 15) is 18.0 Å². The maximum absolute atomic E-state index is 11.2. The van der Waals surface area contributed by atoms with Gasteiger partial charge in [-0.1, -0.05) is 0 Å². The van der Waals surface area contributed by atoms with Crippen molar-refractivity contribution in [1.29, 1.82) is 0 Å². The third-order valence-corrected chi connectivity index (χ3v) is 3.30. The van der Waals surface area contributed by atoms with Crippen molar-refractivity contribution in [2.75, 3.05) is 13.2 Å². The van der Waals surface area contributed by atoms with Crippen LogP contribution in [0.15, 0.2) is 29.2 Å². The molecule has 0 radical (unpaired) electrons. The van der Waals surface area contributed by atoms with Gasteiger partial charge in [-0.15, -0.1) is 0 Å². The Morgan fingerprint density at radius 1 is 1.26 bits per heavy atom. The van der Waals surface area contributed by atoms with E-state index >= 15 is 0 Å². The number of nitrogens with one attached hydrogen (secondary N) is 1. The highest BCUT2D eigenvalue weighted by Crippen LogP contribution is 2.18. The summed E-state index contributed by atoms with van der Waals surface area (Å²) in [5, 5.41) is 2.23. The third-order valence-electron chi connectivity index (χ3n) is 1.93. The summed E-state index contributed by atoms with van der Waals surface area (Å²) in [5.41, 5.74) is 4.84. The molecule has 0 bridgehead atoms. The minimum absolute atomic E-state index is 0.0697. The number of hydrogen-bond donors (Lipinski definition) is 2. The van der Waals surface area contributed by atoms with Crippen molar-refractivity contribution in [2.24, 2.45) is 5.73 Å². The van der Waals surface area contributed by atoms with Gasteiger partial charge in [0.15, 0.2) is 6.61 Å². The second-order valence-corrected chi connectivity index (χ2v) is 6.01. The van der Waals surface area contributed by atoms with Gasteiger partial charge in [0.05, 0.1) is 11.4 Å². The van der Waals surface area contributed by atoms with E-state index in [1.54, 1.807) is 0 Å². The Kier molecular flexibility index (Phi) is 5.13. The van der Waals surface area contributed by atoms with E-state index in [0.29, 0.717) is 5.75 Å². The zero-order chi connectivity index (χ0) is 14.5. The van der Waals surface area contributed by atoms with E-state index in [0.717, 1.165) is 0 Å². The molecule has 0 unspecified atom stereocenters. The van der Waals surface area contributed by atoms with Gasteiger partial charge >= 0.3 is 0 Å². The SMILES string of the molecule is NC(=O)CNC(=O)COc1ccc(S(=O)(=O)Cl)cc1. The first kappa shape index (κ1) is 15.3. The lowest BCUT2D eigenvalue weighted by molar-refractivity contribution is -0.126. The highest BCUT2D eigenvalue weighted by Gasteiger charge is 2.10. The molecule has 104 valence electrons. The van der Waals surface area contributed by atoms with Crippen LogP contribution >= 0.6 is 10.7 Å². The van der Waals surface area contributed by atoms with E-state index in [-0.39, 0.29) is 18.0 Å². The summed E-state index contributed by atoms with van der Waals surface area (Å²) in [5.74, 6) is -0.892. The smallest absolute Gasteiger partial charge is 0.261 e.